The van der Waals surface area contributed by atoms with Crippen LogP contribution in [0.15, 0.2) is 23.8 Å². The van der Waals surface area contributed by atoms with Crippen LogP contribution in [0.5, 0.6) is 0 Å². The normalized spacial score (nSPS) is 44.6. The van der Waals surface area contributed by atoms with Crippen LogP contribution in [0.25, 0.3) is 0 Å². The minimum Gasteiger partial charge on any atom is -0.394 e. The Balaban J connectivity index is 1.93. The topological polar surface area (TPSA) is 108 Å². The number of nitrogens with one attached hydrogen (secondary N) is 1. The molecule has 0 spiro atoms. The third-order valence-corrected chi connectivity index (χ3v) is 7.83. The summed E-state index contributed by atoms with van der Waals surface area (Å²) in [4.78, 5) is 11.7. The first-order chi connectivity index (χ1) is 14.0. The van der Waals surface area contributed by atoms with Crippen LogP contribution in [0.1, 0.15) is 59.8 Å². The average molecular weight is 424 g/mol. The van der Waals surface area contributed by atoms with E-state index in [-0.39, 0.29) is 22.8 Å². The zero-order valence-electron chi connectivity index (χ0n) is 18.6. The SMILES string of the molecule is C=C1CCC[C@]1(C)[C@@]1(C)CCC(C)=C[C@H]1O[C@H]1O[C@H](CO)[C@@H](O)[C@H](O)[C@H]1NC(C)=O. The molecule has 1 saturated heterocycles. The summed E-state index contributed by atoms with van der Waals surface area (Å²) in [7, 11) is 0. The van der Waals surface area contributed by atoms with Crippen molar-refractivity contribution in [1.82, 2.24) is 5.32 Å². The summed E-state index contributed by atoms with van der Waals surface area (Å²) in [5, 5.41) is 33.1. The van der Waals surface area contributed by atoms with Gasteiger partial charge in [0.2, 0.25) is 5.91 Å². The number of amides is 1. The van der Waals surface area contributed by atoms with Gasteiger partial charge >= 0.3 is 0 Å². The molecule has 0 aromatic carbocycles. The highest BCUT2D eigenvalue weighted by atomic mass is 16.7. The Morgan fingerprint density at radius 2 is 2.00 bits per heavy atom. The van der Waals surface area contributed by atoms with E-state index < -0.39 is 37.3 Å². The standard InChI is InChI=1S/C23H37NO6/c1-13-8-10-23(5,22(4)9-6-7-14(22)2)17(11-13)30-21-18(24-15(3)26)20(28)19(27)16(12-25)29-21/h11,16-21,25,27-28H,2,6-10,12H2,1,3-5H3,(H,24,26)/t16-,17-,18-,19-,20-,21-,22+,23+/m1/s1. The highest BCUT2D eigenvalue weighted by Gasteiger charge is 2.55. The molecule has 30 heavy (non-hydrogen) atoms. The summed E-state index contributed by atoms with van der Waals surface area (Å²) in [5.41, 5.74) is 2.12. The Labute approximate surface area is 179 Å². The number of aliphatic hydroxyl groups is 3. The van der Waals surface area contributed by atoms with Crippen molar-refractivity contribution in [3.8, 4) is 0 Å². The number of rotatable bonds is 5. The molecule has 1 heterocycles. The van der Waals surface area contributed by atoms with Crippen molar-refractivity contribution < 1.29 is 29.6 Å². The number of aliphatic hydroxyl groups excluding tert-OH is 3. The van der Waals surface area contributed by atoms with E-state index in [2.05, 4.69) is 38.7 Å². The molecule has 8 atom stereocenters. The van der Waals surface area contributed by atoms with Crippen LogP contribution >= 0.6 is 0 Å². The Morgan fingerprint density at radius 1 is 1.30 bits per heavy atom. The van der Waals surface area contributed by atoms with Crippen molar-refractivity contribution in [1.29, 1.82) is 0 Å². The van der Waals surface area contributed by atoms with Crippen LogP contribution in [-0.2, 0) is 14.3 Å². The molecule has 0 radical (unpaired) electrons. The van der Waals surface area contributed by atoms with E-state index in [0.29, 0.717) is 0 Å². The molecule has 0 aromatic rings. The van der Waals surface area contributed by atoms with E-state index in [9.17, 15) is 20.1 Å². The van der Waals surface area contributed by atoms with Gasteiger partial charge in [-0.05, 0) is 44.4 Å². The number of allylic oxidation sites excluding steroid dienone is 2. The zero-order valence-corrected chi connectivity index (χ0v) is 18.6. The third kappa shape index (κ3) is 3.98. The fraction of sp³-hybridized carbons (Fsp3) is 0.783. The van der Waals surface area contributed by atoms with Gasteiger partial charge in [-0.25, -0.2) is 0 Å². The maximum Gasteiger partial charge on any atom is 0.217 e. The minimum absolute atomic E-state index is 0.0957. The van der Waals surface area contributed by atoms with Gasteiger partial charge in [-0.15, -0.1) is 0 Å². The van der Waals surface area contributed by atoms with Gasteiger partial charge in [0.25, 0.3) is 0 Å². The Hall–Kier alpha value is -1.25. The molecule has 7 nitrogen and oxygen atoms in total. The summed E-state index contributed by atoms with van der Waals surface area (Å²) < 4.78 is 12.3. The summed E-state index contributed by atoms with van der Waals surface area (Å²) in [6, 6.07) is -0.945. The molecular formula is C23H37NO6. The van der Waals surface area contributed by atoms with Gasteiger partial charge in [0.15, 0.2) is 6.29 Å². The van der Waals surface area contributed by atoms with E-state index in [1.165, 1.54) is 18.1 Å². The van der Waals surface area contributed by atoms with E-state index >= 15 is 0 Å². The lowest BCUT2D eigenvalue weighted by molar-refractivity contribution is -0.290. The van der Waals surface area contributed by atoms with Crippen LogP contribution in [-0.4, -0.2) is 64.6 Å². The fourth-order valence-electron chi connectivity index (χ4n) is 5.43. The van der Waals surface area contributed by atoms with Gasteiger partial charge < -0.3 is 30.1 Å². The van der Waals surface area contributed by atoms with Gasteiger partial charge in [-0.3, -0.25) is 4.79 Å². The van der Waals surface area contributed by atoms with Crippen LogP contribution in [0.3, 0.4) is 0 Å². The molecule has 0 aromatic heterocycles. The largest absolute Gasteiger partial charge is 0.394 e. The predicted molar refractivity (Wildman–Crippen MR) is 112 cm³/mol. The van der Waals surface area contributed by atoms with Crippen LogP contribution in [0, 0.1) is 10.8 Å². The highest BCUT2D eigenvalue weighted by Crippen LogP contribution is 2.60. The summed E-state index contributed by atoms with van der Waals surface area (Å²) in [5.74, 6) is -0.361. The number of ether oxygens (including phenoxy) is 2. The van der Waals surface area contributed by atoms with Crippen molar-refractivity contribution in [2.75, 3.05) is 6.61 Å². The molecule has 1 amide bonds. The molecule has 2 aliphatic carbocycles. The van der Waals surface area contributed by atoms with Crippen molar-refractivity contribution in [3.05, 3.63) is 23.8 Å². The molecule has 1 saturated carbocycles. The average Bonchev–Trinajstić information content (AvgIpc) is 3.04. The number of carbonyl (C=O) groups is 1. The van der Waals surface area contributed by atoms with Crippen molar-refractivity contribution in [2.24, 2.45) is 10.8 Å². The summed E-state index contributed by atoms with van der Waals surface area (Å²) in [6.07, 6.45) is 2.20. The predicted octanol–water partition coefficient (Wildman–Crippen LogP) is 1.81. The zero-order chi connectivity index (χ0) is 22.3. The van der Waals surface area contributed by atoms with Crippen molar-refractivity contribution >= 4 is 5.91 Å². The maximum absolute atomic E-state index is 11.7. The van der Waals surface area contributed by atoms with E-state index in [1.54, 1.807) is 0 Å². The van der Waals surface area contributed by atoms with Gasteiger partial charge in [0.05, 0.1) is 12.7 Å². The van der Waals surface area contributed by atoms with Crippen molar-refractivity contribution in [2.45, 2.75) is 96.5 Å². The first-order valence-corrected chi connectivity index (χ1v) is 10.9. The van der Waals surface area contributed by atoms with Gasteiger partial charge in [0.1, 0.15) is 24.4 Å². The van der Waals surface area contributed by atoms with Crippen LogP contribution < -0.4 is 5.32 Å². The monoisotopic (exact) mass is 423 g/mol. The molecule has 3 rings (SSSR count). The molecule has 3 aliphatic rings. The van der Waals surface area contributed by atoms with E-state index in [4.69, 9.17) is 9.47 Å². The lowest BCUT2D eigenvalue weighted by atomic mass is 9.56. The van der Waals surface area contributed by atoms with E-state index in [0.717, 1.165) is 32.1 Å². The fourth-order valence-corrected chi connectivity index (χ4v) is 5.43. The molecular weight excluding hydrogens is 386 g/mol. The lowest BCUT2D eigenvalue weighted by Gasteiger charge is -2.53. The van der Waals surface area contributed by atoms with Crippen molar-refractivity contribution in [3.63, 3.8) is 0 Å². The van der Waals surface area contributed by atoms with Gasteiger partial charge in [-0.2, -0.15) is 0 Å². The number of carbonyl (C=O) groups excluding carboxylic acids is 1. The minimum atomic E-state index is -1.33. The smallest absolute Gasteiger partial charge is 0.217 e. The van der Waals surface area contributed by atoms with E-state index in [1.807, 2.05) is 0 Å². The molecule has 0 bridgehead atoms. The second-order valence-electron chi connectivity index (χ2n) is 9.71. The second kappa shape index (κ2) is 8.71. The third-order valence-electron chi connectivity index (χ3n) is 7.83. The summed E-state index contributed by atoms with van der Waals surface area (Å²) >= 11 is 0. The number of hydrogen-bond donors (Lipinski definition) is 4. The maximum atomic E-state index is 11.7. The second-order valence-corrected chi connectivity index (χ2v) is 9.71. The van der Waals surface area contributed by atoms with Gasteiger partial charge in [-0.1, -0.05) is 37.6 Å². The molecule has 7 heteroatoms. The molecule has 0 unspecified atom stereocenters. The molecule has 170 valence electrons. The Bertz CT molecular complexity index is 708. The molecule has 1 aliphatic heterocycles. The first kappa shape index (κ1) is 23.4. The lowest BCUT2D eigenvalue weighted by Crippen LogP contribution is -2.65. The molecule has 4 N–H and O–H groups in total. The number of hydrogen-bond acceptors (Lipinski definition) is 6. The molecule has 2 fully saturated rings. The quantitative estimate of drug-likeness (QED) is 0.502. The first-order valence-electron chi connectivity index (χ1n) is 10.9. The Kier molecular flexibility index (Phi) is 6.80. The summed E-state index contributed by atoms with van der Waals surface area (Å²) in [6.45, 7) is 11.8. The van der Waals surface area contributed by atoms with Crippen LogP contribution in [0.4, 0.5) is 0 Å². The van der Waals surface area contributed by atoms with Gasteiger partial charge in [0, 0.05) is 12.3 Å². The highest BCUT2D eigenvalue weighted by molar-refractivity contribution is 5.73. The Morgan fingerprint density at radius 3 is 2.57 bits per heavy atom. The van der Waals surface area contributed by atoms with Crippen LogP contribution in [0.2, 0.25) is 0 Å².